The van der Waals surface area contributed by atoms with Crippen LogP contribution in [0, 0.1) is 11.3 Å². The minimum absolute atomic E-state index is 0.196. The van der Waals surface area contributed by atoms with E-state index in [9.17, 15) is 10.1 Å². The predicted octanol–water partition coefficient (Wildman–Crippen LogP) is 4.78. The molecule has 192 valence electrons. The van der Waals surface area contributed by atoms with Crippen LogP contribution in [0.25, 0.3) is 11.3 Å². The van der Waals surface area contributed by atoms with E-state index in [2.05, 4.69) is 35.2 Å². The van der Waals surface area contributed by atoms with Crippen molar-refractivity contribution < 1.29 is 23.7 Å². The molecule has 0 N–H and O–H groups in total. The number of carbonyl (C=O) groups is 1. The number of benzene rings is 1. The number of pyridine rings is 1. The first-order valence-corrected chi connectivity index (χ1v) is 13.3. The summed E-state index contributed by atoms with van der Waals surface area (Å²) >= 11 is 1.30. The highest BCUT2D eigenvalue weighted by atomic mass is 32.1. The Balaban J connectivity index is 1.45. The Bertz CT molecular complexity index is 1270. The summed E-state index contributed by atoms with van der Waals surface area (Å²) in [4.78, 5) is 19.4. The molecule has 0 spiro atoms. The summed E-state index contributed by atoms with van der Waals surface area (Å²) in [6.07, 6.45) is 1.70. The van der Waals surface area contributed by atoms with Crippen LogP contribution in [0.15, 0.2) is 41.8 Å². The van der Waals surface area contributed by atoms with Crippen LogP contribution in [-0.4, -0.2) is 57.6 Å². The van der Waals surface area contributed by atoms with E-state index in [4.69, 9.17) is 23.9 Å². The molecule has 2 aromatic heterocycles. The molecule has 0 atom stereocenters. The third-order valence-electron chi connectivity index (χ3n) is 6.74. The van der Waals surface area contributed by atoms with E-state index >= 15 is 0 Å². The molecule has 0 saturated carbocycles. The fraction of sp³-hybridized carbons (Fsp3) is 0.393. The predicted molar refractivity (Wildman–Crippen MR) is 140 cm³/mol. The number of aromatic nitrogens is 1. The summed E-state index contributed by atoms with van der Waals surface area (Å²) in [6.45, 7) is 4.76. The van der Waals surface area contributed by atoms with Gasteiger partial charge in [0.1, 0.15) is 23.1 Å². The van der Waals surface area contributed by atoms with Gasteiger partial charge < -0.3 is 23.8 Å². The lowest BCUT2D eigenvalue weighted by Crippen LogP contribution is -2.36. The molecule has 2 fully saturated rings. The second-order valence-corrected chi connectivity index (χ2v) is 9.93. The van der Waals surface area contributed by atoms with Crippen LogP contribution in [0.5, 0.6) is 5.88 Å². The summed E-state index contributed by atoms with van der Waals surface area (Å²) in [5.74, 6) is 0.133. The Morgan fingerprint density at radius 2 is 1.86 bits per heavy atom. The number of rotatable bonds is 7. The molecule has 2 aliphatic rings. The number of thiophene rings is 1. The maximum atomic E-state index is 11.8. The van der Waals surface area contributed by atoms with Gasteiger partial charge in [-0.1, -0.05) is 12.1 Å². The van der Waals surface area contributed by atoms with Gasteiger partial charge in [0.2, 0.25) is 5.88 Å². The first kappa shape index (κ1) is 25.2. The van der Waals surface area contributed by atoms with Gasteiger partial charge in [-0.15, -0.1) is 11.3 Å². The molecule has 2 aliphatic heterocycles. The van der Waals surface area contributed by atoms with Crippen molar-refractivity contribution >= 4 is 23.0 Å². The number of ether oxygens (including phenoxy) is 4. The Kier molecular flexibility index (Phi) is 7.99. The molecule has 9 heteroatoms. The zero-order valence-electron chi connectivity index (χ0n) is 20.8. The Morgan fingerprint density at radius 3 is 2.57 bits per heavy atom. The molecule has 0 radical (unpaired) electrons. The molecule has 8 nitrogen and oxygen atoms in total. The highest BCUT2D eigenvalue weighted by molar-refractivity contribution is 7.12. The summed E-state index contributed by atoms with van der Waals surface area (Å²) in [5.41, 5.74) is 5.12. The molecular formula is C28H29N3O5S. The molecule has 0 aliphatic carbocycles. The van der Waals surface area contributed by atoms with Gasteiger partial charge in [0.25, 0.3) is 0 Å². The van der Waals surface area contributed by atoms with Crippen molar-refractivity contribution in [3.05, 3.63) is 63.3 Å². The average molecular weight is 520 g/mol. The highest BCUT2D eigenvalue weighted by Gasteiger charge is 2.24. The van der Waals surface area contributed by atoms with Gasteiger partial charge in [-0.3, -0.25) is 0 Å². The zero-order valence-corrected chi connectivity index (χ0v) is 21.6. The molecule has 5 rings (SSSR count). The molecule has 0 amide bonds. The SMILES string of the molecule is COC(=O)c1cc(COc2nc(-c3ccc(N4CCOCC4)cc3)cc(C3CCOCC3)c2C#N)cs1. The Labute approximate surface area is 220 Å². The molecule has 37 heavy (non-hydrogen) atoms. The summed E-state index contributed by atoms with van der Waals surface area (Å²) in [6, 6.07) is 14.5. The van der Waals surface area contributed by atoms with E-state index in [1.54, 1.807) is 6.07 Å². The number of morpholine rings is 1. The third-order valence-corrected chi connectivity index (χ3v) is 7.70. The Hall–Kier alpha value is -3.45. The number of methoxy groups -OCH3 is 1. The van der Waals surface area contributed by atoms with Crippen LogP contribution in [-0.2, 0) is 20.8 Å². The second kappa shape index (κ2) is 11.7. The smallest absolute Gasteiger partial charge is 0.348 e. The molecule has 0 bridgehead atoms. The average Bonchev–Trinajstić information content (AvgIpc) is 3.45. The van der Waals surface area contributed by atoms with E-state index in [0.717, 1.165) is 67.2 Å². The number of anilines is 1. The van der Waals surface area contributed by atoms with Crippen LogP contribution in [0.4, 0.5) is 5.69 Å². The van der Waals surface area contributed by atoms with Crippen LogP contribution < -0.4 is 9.64 Å². The van der Waals surface area contributed by atoms with E-state index in [-0.39, 0.29) is 18.5 Å². The van der Waals surface area contributed by atoms with Gasteiger partial charge in [-0.05, 0) is 54.0 Å². The van der Waals surface area contributed by atoms with Crippen molar-refractivity contribution in [2.24, 2.45) is 0 Å². The fourth-order valence-electron chi connectivity index (χ4n) is 4.71. The normalized spacial score (nSPS) is 16.3. The summed E-state index contributed by atoms with van der Waals surface area (Å²) < 4.78 is 22.0. The molecule has 1 aromatic carbocycles. The number of hydrogen-bond donors (Lipinski definition) is 0. The Morgan fingerprint density at radius 1 is 1.14 bits per heavy atom. The molecule has 0 unspecified atom stereocenters. The quantitative estimate of drug-likeness (QED) is 0.412. The molecule has 3 aromatic rings. The molecule has 2 saturated heterocycles. The third kappa shape index (κ3) is 5.77. The van der Waals surface area contributed by atoms with Gasteiger partial charge in [0.05, 0.1) is 26.0 Å². The van der Waals surface area contributed by atoms with Crippen LogP contribution >= 0.6 is 11.3 Å². The van der Waals surface area contributed by atoms with Gasteiger partial charge in [-0.25, -0.2) is 9.78 Å². The molecule has 4 heterocycles. The monoisotopic (exact) mass is 519 g/mol. The van der Waals surface area contributed by atoms with Crippen LogP contribution in [0.3, 0.4) is 0 Å². The van der Waals surface area contributed by atoms with E-state index in [1.165, 1.54) is 18.4 Å². The lowest BCUT2D eigenvalue weighted by atomic mass is 9.88. The maximum absolute atomic E-state index is 11.8. The highest BCUT2D eigenvalue weighted by Crippen LogP contribution is 2.36. The number of hydrogen-bond acceptors (Lipinski definition) is 9. The standard InChI is InChI=1S/C28H29N3O5S/c1-33-28(32)26-14-19(18-37-26)17-36-27-24(16-29)23(20-6-10-34-11-7-20)15-25(30-27)21-2-4-22(5-3-21)31-8-12-35-13-9-31/h2-5,14-15,18,20H,6-13,17H2,1H3. The van der Waals surface area contributed by atoms with Gasteiger partial charge in [0, 0.05) is 43.1 Å². The minimum atomic E-state index is -0.378. The zero-order chi connectivity index (χ0) is 25.6. The first-order valence-electron chi connectivity index (χ1n) is 12.4. The van der Waals surface area contributed by atoms with Gasteiger partial charge in [-0.2, -0.15) is 5.26 Å². The topological polar surface area (TPSA) is 93.9 Å². The van der Waals surface area contributed by atoms with Crippen molar-refractivity contribution in [3.8, 4) is 23.2 Å². The lowest BCUT2D eigenvalue weighted by molar-refractivity contribution is 0.0606. The number of nitrogens with zero attached hydrogens (tertiary/aromatic N) is 3. The van der Waals surface area contributed by atoms with Crippen LogP contribution in [0.2, 0.25) is 0 Å². The lowest BCUT2D eigenvalue weighted by Gasteiger charge is -2.29. The van der Waals surface area contributed by atoms with Gasteiger partial charge >= 0.3 is 5.97 Å². The van der Waals surface area contributed by atoms with E-state index in [1.807, 2.05) is 11.4 Å². The van der Waals surface area contributed by atoms with E-state index < -0.39 is 0 Å². The number of nitriles is 1. The first-order chi connectivity index (χ1) is 18.2. The van der Waals surface area contributed by atoms with E-state index in [0.29, 0.717) is 29.5 Å². The van der Waals surface area contributed by atoms with Crippen molar-refractivity contribution in [3.63, 3.8) is 0 Å². The second-order valence-electron chi connectivity index (χ2n) is 9.02. The number of carbonyl (C=O) groups excluding carboxylic acids is 1. The van der Waals surface area contributed by atoms with Crippen LogP contribution in [0.1, 0.15) is 45.1 Å². The summed E-state index contributed by atoms with van der Waals surface area (Å²) in [7, 11) is 1.36. The maximum Gasteiger partial charge on any atom is 0.348 e. The molecular weight excluding hydrogens is 490 g/mol. The van der Waals surface area contributed by atoms with Gasteiger partial charge in [0.15, 0.2) is 0 Å². The van der Waals surface area contributed by atoms with Crippen molar-refractivity contribution in [1.82, 2.24) is 4.98 Å². The number of esters is 1. The minimum Gasteiger partial charge on any atom is -0.472 e. The largest absolute Gasteiger partial charge is 0.472 e. The van der Waals surface area contributed by atoms with Crippen molar-refractivity contribution in [2.45, 2.75) is 25.4 Å². The summed E-state index contributed by atoms with van der Waals surface area (Å²) in [5, 5.41) is 12.0. The van der Waals surface area contributed by atoms with Crippen molar-refractivity contribution in [2.75, 3.05) is 51.5 Å². The fourth-order valence-corrected chi connectivity index (χ4v) is 5.52. The van der Waals surface area contributed by atoms with Crippen molar-refractivity contribution in [1.29, 1.82) is 5.26 Å².